The van der Waals surface area contributed by atoms with Gasteiger partial charge in [0.2, 0.25) is 0 Å². The minimum Gasteiger partial charge on any atom is -0.507 e. The van der Waals surface area contributed by atoms with E-state index >= 15 is 0 Å². The molecule has 0 fully saturated rings. The first-order valence-corrected chi connectivity index (χ1v) is 9.12. The highest BCUT2D eigenvalue weighted by atomic mass is 16.6. The Hall–Kier alpha value is -2.75. The number of hydrogen-bond donors (Lipinski definition) is 1. The van der Waals surface area contributed by atoms with Crippen LogP contribution in [0, 0.1) is 0 Å². The van der Waals surface area contributed by atoms with Crippen LogP contribution in [0.4, 0.5) is 4.79 Å². The van der Waals surface area contributed by atoms with Gasteiger partial charge in [0.05, 0.1) is 6.61 Å². The summed E-state index contributed by atoms with van der Waals surface area (Å²) in [6.45, 7) is 7.61. The van der Waals surface area contributed by atoms with Gasteiger partial charge in [0.15, 0.2) is 0 Å². The molecule has 0 aliphatic carbocycles. The van der Waals surface area contributed by atoms with E-state index in [1.165, 1.54) is 5.56 Å². The standard InChI is InChI=1S/C22H25NO3/c1-3-5-13-26-22(25)23-12-11-16-14-17(9-10-18(16)15-23)20-7-6-8-21(24)19(20)4-2/h4,6-10,14,24H,2-3,5,11-13,15H2,1H3. The van der Waals surface area contributed by atoms with Crippen LogP contribution in [0.2, 0.25) is 0 Å². The number of unbranched alkanes of at least 4 members (excludes halogenated alkanes) is 1. The summed E-state index contributed by atoms with van der Waals surface area (Å²) in [5.41, 5.74) is 5.13. The molecule has 0 saturated heterocycles. The lowest BCUT2D eigenvalue weighted by atomic mass is 9.92. The third-order valence-corrected chi connectivity index (χ3v) is 4.80. The molecule has 1 aliphatic rings. The molecule has 1 aliphatic heterocycles. The van der Waals surface area contributed by atoms with Gasteiger partial charge in [-0.2, -0.15) is 0 Å². The lowest BCUT2D eigenvalue weighted by Gasteiger charge is -2.28. The normalized spacial score (nSPS) is 13.2. The predicted molar refractivity (Wildman–Crippen MR) is 104 cm³/mol. The molecule has 0 saturated carbocycles. The lowest BCUT2D eigenvalue weighted by molar-refractivity contribution is 0.0966. The molecule has 3 rings (SSSR count). The third-order valence-electron chi connectivity index (χ3n) is 4.80. The van der Waals surface area contributed by atoms with Crippen LogP contribution in [0.15, 0.2) is 43.0 Å². The van der Waals surface area contributed by atoms with Crippen LogP contribution in [0.25, 0.3) is 17.2 Å². The second-order valence-electron chi connectivity index (χ2n) is 6.57. The predicted octanol–water partition coefficient (Wildman–Crippen LogP) is 5.00. The van der Waals surface area contributed by atoms with Crippen molar-refractivity contribution < 1.29 is 14.6 Å². The van der Waals surface area contributed by atoms with Gasteiger partial charge in [-0.15, -0.1) is 0 Å². The molecular weight excluding hydrogens is 326 g/mol. The highest BCUT2D eigenvalue weighted by molar-refractivity contribution is 5.78. The van der Waals surface area contributed by atoms with Crippen molar-refractivity contribution in [2.24, 2.45) is 0 Å². The maximum Gasteiger partial charge on any atom is 0.410 e. The molecule has 0 radical (unpaired) electrons. The van der Waals surface area contributed by atoms with Crippen LogP contribution in [0.5, 0.6) is 5.75 Å². The monoisotopic (exact) mass is 351 g/mol. The number of amides is 1. The first kappa shape index (κ1) is 18.1. The maximum absolute atomic E-state index is 12.2. The first-order valence-electron chi connectivity index (χ1n) is 9.12. The molecule has 0 bridgehead atoms. The fraction of sp³-hybridized carbons (Fsp3) is 0.318. The fourth-order valence-corrected chi connectivity index (χ4v) is 3.29. The van der Waals surface area contributed by atoms with Gasteiger partial charge in [0.25, 0.3) is 0 Å². The van der Waals surface area contributed by atoms with E-state index in [0.717, 1.165) is 41.5 Å². The van der Waals surface area contributed by atoms with Crippen molar-refractivity contribution >= 4 is 12.2 Å². The maximum atomic E-state index is 12.2. The minimum atomic E-state index is -0.227. The highest BCUT2D eigenvalue weighted by Gasteiger charge is 2.22. The number of hydrogen-bond acceptors (Lipinski definition) is 3. The molecule has 4 nitrogen and oxygen atoms in total. The Bertz CT molecular complexity index is 813. The topological polar surface area (TPSA) is 49.8 Å². The average Bonchev–Trinajstić information content (AvgIpc) is 2.67. The number of carbonyl (C=O) groups is 1. The number of rotatable bonds is 5. The zero-order valence-corrected chi connectivity index (χ0v) is 15.2. The quantitative estimate of drug-likeness (QED) is 0.772. The van der Waals surface area contributed by atoms with Crippen molar-refractivity contribution in [3.8, 4) is 16.9 Å². The van der Waals surface area contributed by atoms with E-state index in [1.807, 2.05) is 18.2 Å². The molecule has 1 amide bonds. The van der Waals surface area contributed by atoms with E-state index in [1.54, 1.807) is 17.0 Å². The molecule has 1 N–H and O–H groups in total. The molecular formula is C22H25NO3. The van der Waals surface area contributed by atoms with Gasteiger partial charge in [0, 0.05) is 18.7 Å². The number of carbonyl (C=O) groups excluding carboxylic acids is 1. The second kappa shape index (κ2) is 8.09. The Labute approximate surface area is 154 Å². The molecule has 0 spiro atoms. The highest BCUT2D eigenvalue weighted by Crippen LogP contribution is 2.33. The SMILES string of the molecule is C=Cc1c(O)cccc1-c1ccc2c(c1)CCN(C(=O)OCCCC)C2. The number of phenolic OH excluding ortho intramolecular Hbond substituents is 1. The Balaban J connectivity index is 1.79. The summed E-state index contributed by atoms with van der Waals surface area (Å²) in [6.07, 6.45) is 4.16. The van der Waals surface area contributed by atoms with E-state index < -0.39 is 0 Å². The van der Waals surface area contributed by atoms with E-state index in [4.69, 9.17) is 4.74 Å². The van der Waals surface area contributed by atoms with Gasteiger partial charge in [0.1, 0.15) is 5.75 Å². The van der Waals surface area contributed by atoms with Crippen molar-refractivity contribution in [3.63, 3.8) is 0 Å². The van der Waals surface area contributed by atoms with Crippen LogP contribution in [-0.4, -0.2) is 29.3 Å². The van der Waals surface area contributed by atoms with Gasteiger partial charge < -0.3 is 14.7 Å². The molecule has 0 atom stereocenters. The number of benzene rings is 2. The molecule has 1 heterocycles. The fourth-order valence-electron chi connectivity index (χ4n) is 3.29. The van der Waals surface area contributed by atoms with Crippen LogP contribution >= 0.6 is 0 Å². The summed E-state index contributed by atoms with van der Waals surface area (Å²) in [5.74, 6) is 0.233. The van der Waals surface area contributed by atoms with E-state index in [2.05, 4.69) is 25.6 Å². The van der Waals surface area contributed by atoms with E-state index in [-0.39, 0.29) is 11.8 Å². The van der Waals surface area contributed by atoms with Crippen LogP contribution < -0.4 is 0 Å². The third kappa shape index (κ3) is 3.74. The van der Waals surface area contributed by atoms with Gasteiger partial charge in [-0.05, 0) is 41.2 Å². The Kier molecular flexibility index (Phi) is 5.61. The van der Waals surface area contributed by atoms with Crippen LogP contribution in [0.3, 0.4) is 0 Å². The van der Waals surface area contributed by atoms with E-state index in [0.29, 0.717) is 19.7 Å². The molecule has 4 heteroatoms. The smallest absolute Gasteiger partial charge is 0.410 e. The number of phenols is 1. The number of fused-ring (bicyclic) bond motifs is 1. The van der Waals surface area contributed by atoms with Crippen molar-refractivity contribution in [3.05, 3.63) is 59.7 Å². The van der Waals surface area contributed by atoms with Crippen molar-refractivity contribution in [1.29, 1.82) is 0 Å². The largest absolute Gasteiger partial charge is 0.507 e. The van der Waals surface area contributed by atoms with Crippen molar-refractivity contribution in [1.82, 2.24) is 4.90 Å². The van der Waals surface area contributed by atoms with Crippen LogP contribution in [-0.2, 0) is 17.7 Å². The van der Waals surface area contributed by atoms with Gasteiger partial charge in [-0.1, -0.05) is 56.3 Å². The van der Waals surface area contributed by atoms with Gasteiger partial charge >= 0.3 is 6.09 Å². The summed E-state index contributed by atoms with van der Waals surface area (Å²) in [6, 6.07) is 11.7. The summed E-state index contributed by atoms with van der Waals surface area (Å²) >= 11 is 0. The zero-order valence-electron chi connectivity index (χ0n) is 15.2. The van der Waals surface area contributed by atoms with Crippen molar-refractivity contribution in [2.45, 2.75) is 32.7 Å². The minimum absolute atomic E-state index is 0.227. The lowest BCUT2D eigenvalue weighted by Crippen LogP contribution is -2.36. The Morgan fingerprint density at radius 1 is 1.31 bits per heavy atom. The first-order chi connectivity index (χ1) is 12.6. The molecule has 26 heavy (non-hydrogen) atoms. The van der Waals surface area contributed by atoms with Gasteiger partial charge in [-0.25, -0.2) is 4.79 Å². The van der Waals surface area contributed by atoms with Gasteiger partial charge in [-0.3, -0.25) is 0 Å². The number of nitrogens with zero attached hydrogens (tertiary/aromatic N) is 1. The average molecular weight is 351 g/mol. The molecule has 0 unspecified atom stereocenters. The summed E-state index contributed by atoms with van der Waals surface area (Å²) in [7, 11) is 0. The van der Waals surface area contributed by atoms with Crippen LogP contribution in [0.1, 0.15) is 36.5 Å². The number of ether oxygens (including phenoxy) is 1. The second-order valence-corrected chi connectivity index (χ2v) is 6.57. The molecule has 0 aromatic heterocycles. The van der Waals surface area contributed by atoms with E-state index in [9.17, 15) is 9.90 Å². The Morgan fingerprint density at radius 3 is 2.92 bits per heavy atom. The summed E-state index contributed by atoms with van der Waals surface area (Å²) in [5, 5.41) is 10.0. The summed E-state index contributed by atoms with van der Waals surface area (Å²) < 4.78 is 5.32. The molecule has 2 aromatic rings. The Morgan fingerprint density at radius 2 is 2.15 bits per heavy atom. The summed E-state index contributed by atoms with van der Waals surface area (Å²) in [4.78, 5) is 13.9. The van der Waals surface area contributed by atoms with Crippen molar-refractivity contribution in [2.75, 3.05) is 13.2 Å². The molecule has 136 valence electrons. The zero-order chi connectivity index (χ0) is 18.5. The molecule has 2 aromatic carbocycles. The number of aromatic hydroxyl groups is 1.